The third-order valence-corrected chi connectivity index (χ3v) is 4.88. The molecule has 0 atom stereocenters. The number of benzene rings is 2. The standard InChI is InChI=1S/C23H23N2.HI/c1-3-24-14-11-18(12-15-24)17-20-13-16-25(4-2)23-21-8-6-5-7-19(21)9-10-22(20)23;/h5-17H,3-4H2,1-2H3;1H/q+1;/p-1. The van der Waals surface area contributed by atoms with Gasteiger partial charge in [-0.25, -0.2) is 4.57 Å². The van der Waals surface area contributed by atoms with E-state index in [1.54, 1.807) is 0 Å². The van der Waals surface area contributed by atoms with Gasteiger partial charge in [0.05, 0.1) is 5.69 Å². The second-order valence-corrected chi connectivity index (χ2v) is 6.35. The van der Waals surface area contributed by atoms with Crippen molar-refractivity contribution in [3.8, 4) is 0 Å². The minimum Gasteiger partial charge on any atom is -1.00 e. The highest BCUT2D eigenvalue weighted by molar-refractivity contribution is 6.05. The number of aryl methyl sites for hydroxylation is 1. The molecule has 0 aliphatic carbocycles. The number of hydrogen-bond donors (Lipinski definition) is 0. The first-order valence-corrected chi connectivity index (χ1v) is 8.98. The average molecular weight is 454 g/mol. The maximum absolute atomic E-state index is 2.34. The van der Waals surface area contributed by atoms with Gasteiger partial charge in [0.1, 0.15) is 6.54 Å². The van der Waals surface area contributed by atoms with Crippen molar-refractivity contribution in [1.29, 1.82) is 0 Å². The van der Waals surface area contributed by atoms with Gasteiger partial charge in [0.25, 0.3) is 0 Å². The third-order valence-electron chi connectivity index (χ3n) is 4.88. The van der Waals surface area contributed by atoms with Crippen LogP contribution in [0, 0.1) is 0 Å². The van der Waals surface area contributed by atoms with Gasteiger partial charge in [-0.2, -0.15) is 0 Å². The van der Waals surface area contributed by atoms with Crippen LogP contribution >= 0.6 is 0 Å². The summed E-state index contributed by atoms with van der Waals surface area (Å²) in [5, 5.41) is 2.60. The van der Waals surface area contributed by atoms with Crippen molar-refractivity contribution in [3.63, 3.8) is 0 Å². The number of allylic oxidation sites excluding steroid dienone is 2. The van der Waals surface area contributed by atoms with E-state index in [-0.39, 0.29) is 24.0 Å². The van der Waals surface area contributed by atoms with Crippen molar-refractivity contribution < 1.29 is 28.5 Å². The summed E-state index contributed by atoms with van der Waals surface area (Å²) in [5.41, 5.74) is 5.11. The number of rotatable bonds is 3. The molecule has 26 heavy (non-hydrogen) atoms. The molecule has 1 aromatic heterocycles. The lowest BCUT2D eigenvalue weighted by molar-refractivity contribution is -0.693. The van der Waals surface area contributed by atoms with E-state index in [0.717, 1.165) is 13.1 Å². The number of pyridine rings is 1. The molecule has 0 saturated carbocycles. The number of halogens is 1. The number of aromatic nitrogens is 1. The summed E-state index contributed by atoms with van der Waals surface area (Å²) in [7, 11) is 0. The molecule has 132 valence electrons. The van der Waals surface area contributed by atoms with E-state index in [1.165, 1.54) is 33.2 Å². The highest BCUT2D eigenvalue weighted by atomic mass is 127. The zero-order valence-electron chi connectivity index (χ0n) is 15.2. The fourth-order valence-electron chi connectivity index (χ4n) is 3.48. The summed E-state index contributed by atoms with van der Waals surface area (Å²) in [6.45, 7) is 6.32. The van der Waals surface area contributed by atoms with Gasteiger partial charge in [0, 0.05) is 35.8 Å². The van der Waals surface area contributed by atoms with Crippen molar-refractivity contribution in [2.45, 2.75) is 20.4 Å². The fraction of sp³-hybridized carbons (Fsp3) is 0.174. The van der Waals surface area contributed by atoms with E-state index in [4.69, 9.17) is 0 Å². The molecule has 2 aromatic carbocycles. The SMILES string of the molecule is CCN1C=C/C(=C\c2cc[n+](CC)cc2)c2ccc3ccccc3c21.[I-]. The van der Waals surface area contributed by atoms with Crippen LogP contribution < -0.4 is 33.4 Å². The van der Waals surface area contributed by atoms with E-state index in [1.807, 2.05) is 0 Å². The Bertz CT molecular complexity index is 971. The first-order valence-electron chi connectivity index (χ1n) is 8.98. The monoisotopic (exact) mass is 454 g/mol. The van der Waals surface area contributed by atoms with Gasteiger partial charge >= 0.3 is 0 Å². The molecule has 2 heterocycles. The predicted molar refractivity (Wildman–Crippen MR) is 106 cm³/mol. The van der Waals surface area contributed by atoms with E-state index >= 15 is 0 Å². The Morgan fingerprint density at radius 2 is 1.73 bits per heavy atom. The molecule has 0 spiro atoms. The molecule has 1 aliphatic heterocycles. The maximum atomic E-state index is 2.34. The zero-order valence-corrected chi connectivity index (χ0v) is 17.3. The van der Waals surface area contributed by atoms with Crippen LogP contribution in [0.4, 0.5) is 5.69 Å². The van der Waals surface area contributed by atoms with Crippen molar-refractivity contribution >= 4 is 28.1 Å². The Hall–Kier alpha value is -2.14. The topological polar surface area (TPSA) is 7.12 Å². The summed E-state index contributed by atoms with van der Waals surface area (Å²) in [6.07, 6.45) is 11.0. The van der Waals surface area contributed by atoms with E-state index in [2.05, 4.69) is 103 Å². The lowest BCUT2D eigenvalue weighted by atomic mass is 9.94. The molecule has 0 unspecified atom stereocenters. The van der Waals surface area contributed by atoms with E-state index in [9.17, 15) is 0 Å². The zero-order chi connectivity index (χ0) is 17.2. The summed E-state index contributed by atoms with van der Waals surface area (Å²) >= 11 is 0. The van der Waals surface area contributed by atoms with Gasteiger partial charge in [0.2, 0.25) is 0 Å². The van der Waals surface area contributed by atoms with E-state index < -0.39 is 0 Å². The van der Waals surface area contributed by atoms with Gasteiger partial charge in [-0.05, 0) is 42.5 Å². The third kappa shape index (κ3) is 3.40. The Labute approximate surface area is 172 Å². The van der Waals surface area contributed by atoms with Crippen molar-refractivity contribution in [3.05, 3.63) is 84.3 Å². The molecule has 0 amide bonds. The minimum atomic E-state index is 0. The Kier molecular flexibility index (Phi) is 5.77. The molecule has 4 rings (SSSR count). The first kappa shape index (κ1) is 18.6. The molecule has 1 aliphatic rings. The van der Waals surface area contributed by atoms with Crippen LogP contribution in [0.15, 0.2) is 73.2 Å². The van der Waals surface area contributed by atoms with Crippen molar-refractivity contribution in [1.82, 2.24) is 0 Å². The number of anilines is 1. The smallest absolute Gasteiger partial charge is 0.169 e. The second kappa shape index (κ2) is 8.04. The van der Waals surface area contributed by atoms with Crippen LogP contribution in [0.2, 0.25) is 0 Å². The lowest BCUT2D eigenvalue weighted by Crippen LogP contribution is -3.00. The van der Waals surface area contributed by atoms with Crippen LogP contribution in [-0.2, 0) is 6.54 Å². The predicted octanol–water partition coefficient (Wildman–Crippen LogP) is 2.05. The van der Waals surface area contributed by atoms with Gasteiger partial charge in [-0.15, -0.1) is 0 Å². The van der Waals surface area contributed by atoms with Gasteiger partial charge < -0.3 is 28.9 Å². The highest BCUT2D eigenvalue weighted by Gasteiger charge is 2.18. The summed E-state index contributed by atoms with van der Waals surface area (Å²) in [5.74, 6) is 0. The quantitative estimate of drug-likeness (QED) is 0.434. The highest BCUT2D eigenvalue weighted by Crippen LogP contribution is 2.39. The minimum absolute atomic E-state index is 0. The fourth-order valence-corrected chi connectivity index (χ4v) is 3.48. The summed E-state index contributed by atoms with van der Waals surface area (Å²) in [4.78, 5) is 2.34. The van der Waals surface area contributed by atoms with Gasteiger partial charge in [-0.3, -0.25) is 0 Å². The van der Waals surface area contributed by atoms with Crippen LogP contribution in [0.3, 0.4) is 0 Å². The number of fused-ring (bicyclic) bond motifs is 3. The van der Waals surface area contributed by atoms with E-state index in [0.29, 0.717) is 0 Å². The summed E-state index contributed by atoms with van der Waals surface area (Å²) < 4.78 is 2.18. The Balaban J connectivity index is 0.00000196. The molecule has 0 radical (unpaired) electrons. The lowest BCUT2D eigenvalue weighted by Gasteiger charge is -2.28. The molecule has 0 saturated heterocycles. The van der Waals surface area contributed by atoms with Crippen LogP contribution in [-0.4, -0.2) is 6.54 Å². The van der Waals surface area contributed by atoms with Crippen LogP contribution in [0.1, 0.15) is 25.0 Å². The maximum Gasteiger partial charge on any atom is 0.169 e. The van der Waals surface area contributed by atoms with Gasteiger partial charge in [-0.1, -0.05) is 36.4 Å². The molecule has 0 N–H and O–H groups in total. The van der Waals surface area contributed by atoms with Crippen LogP contribution in [0.5, 0.6) is 0 Å². The molecule has 0 bridgehead atoms. The Morgan fingerprint density at radius 3 is 2.46 bits per heavy atom. The second-order valence-electron chi connectivity index (χ2n) is 6.35. The molecule has 3 heteroatoms. The van der Waals surface area contributed by atoms with Crippen molar-refractivity contribution in [2.75, 3.05) is 11.4 Å². The van der Waals surface area contributed by atoms with Crippen molar-refractivity contribution in [2.24, 2.45) is 0 Å². The largest absolute Gasteiger partial charge is 1.00 e. The van der Waals surface area contributed by atoms with Gasteiger partial charge in [0.15, 0.2) is 12.4 Å². The first-order chi connectivity index (χ1) is 12.3. The number of nitrogens with zero attached hydrogens (tertiary/aromatic N) is 2. The molecule has 3 aromatic rings. The molecular formula is C23H23IN2. The molecular weight excluding hydrogens is 431 g/mol. The normalized spacial score (nSPS) is 14.4. The van der Waals surface area contributed by atoms with Crippen LogP contribution in [0.25, 0.3) is 22.4 Å². The average Bonchev–Trinajstić information content (AvgIpc) is 2.68. The summed E-state index contributed by atoms with van der Waals surface area (Å²) in [6, 6.07) is 17.5. The Morgan fingerprint density at radius 1 is 0.962 bits per heavy atom. The molecule has 0 fully saturated rings. The molecule has 2 nitrogen and oxygen atoms in total. The number of hydrogen-bond acceptors (Lipinski definition) is 1.